The third-order valence-electron chi connectivity index (χ3n) is 4.07. The number of nitrogens with one attached hydrogen (secondary N) is 2. The van der Waals surface area contributed by atoms with Crippen LogP contribution in [0.4, 0.5) is 4.39 Å². The number of nitrogens with zero attached hydrogens (tertiary/aromatic N) is 2. The Balaban J connectivity index is 1.56. The number of rotatable bonds is 6. The topological polar surface area (TPSA) is 81.6 Å². The van der Waals surface area contributed by atoms with Crippen LogP contribution in [0.5, 0.6) is 0 Å². The van der Waals surface area contributed by atoms with Crippen LogP contribution in [0.15, 0.2) is 35.6 Å². The van der Waals surface area contributed by atoms with Crippen LogP contribution in [0.2, 0.25) is 0 Å². The molecule has 0 spiro atoms. The summed E-state index contributed by atoms with van der Waals surface area (Å²) < 4.78 is 12.9. The van der Waals surface area contributed by atoms with Gasteiger partial charge in [0, 0.05) is 0 Å². The summed E-state index contributed by atoms with van der Waals surface area (Å²) in [7, 11) is 0. The molecule has 1 atom stereocenters. The maximum absolute atomic E-state index is 12.9. The quantitative estimate of drug-likeness (QED) is 0.789. The Morgan fingerprint density at radius 3 is 2.83 bits per heavy atom. The van der Waals surface area contributed by atoms with Gasteiger partial charge in [0.1, 0.15) is 11.4 Å². The highest BCUT2D eigenvalue weighted by Crippen LogP contribution is 2.39. The molecule has 1 aliphatic rings. The number of amides is 1. The van der Waals surface area contributed by atoms with Gasteiger partial charge >= 0.3 is 0 Å². The number of carbonyl (C=O) groups is 1. The molecule has 1 aliphatic carbocycles. The maximum atomic E-state index is 12.9. The maximum Gasteiger partial charge on any atom is 0.231 e. The van der Waals surface area contributed by atoms with Crippen molar-refractivity contribution in [3.63, 3.8) is 0 Å². The van der Waals surface area contributed by atoms with Gasteiger partial charge in [-0.05, 0) is 55.5 Å². The first kappa shape index (κ1) is 16.5. The van der Waals surface area contributed by atoms with E-state index >= 15 is 0 Å². The Kier molecular flexibility index (Phi) is 4.58. The van der Waals surface area contributed by atoms with Gasteiger partial charge in [0.2, 0.25) is 5.91 Å². The predicted octanol–water partition coefficient (Wildman–Crippen LogP) is 3.12. The van der Waals surface area contributed by atoms with E-state index in [2.05, 4.69) is 21.4 Å². The Morgan fingerprint density at radius 1 is 1.50 bits per heavy atom. The second kappa shape index (κ2) is 6.65. The molecule has 2 aromatic rings. The van der Waals surface area contributed by atoms with Gasteiger partial charge in [0.05, 0.1) is 23.7 Å². The summed E-state index contributed by atoms with van der Waals surface area (Å²) in [5.74, 6) is -0.0399. The van der Waals surface area contributed by atoms with Crippen molar-refractivity contribution >= 4 is 17.7 Å². The average Bonchev–Trinajstić information content (AvgIpc) is 3.33. The van der Waals surface area contributed by atoms with Crippen LogP contribution in [-0.4, -0.2) is 27.2 Å². The van der Waals surface area contributed by atoms with Crippen LogP contribution in [0.1, 0.15) is 19.8 Å². The fourth-order valence-electron chi connectivity index (χ4n) is 2.49. The first-order valence-corrected chi connectivity index (χ1v) is 8.65. The highest BCUT2D eigenvalue weighted by molar-refractivity contribution is 7.99. The van der Waals surface area contributed by atoms with E-state index in [0.29, 0.717) is 5.16 Å². The zero-order valence-electron chi connectivity index (χ0n) is 13.2. The molecule has 1 heterocycles. The van der Waals surface area contributed by atoms with E-state index in [0.717, 1.165) is 24.1 Å². The van der Waals surface area contributed by atoms with Crippen LogP contribution in [0.25, 0.3) is 11.3 Å². The summed E-state index contributed by atoms with van der Waals surface area (Å²) >= 11 is 1.27. The van der Waals surface area contributed by atoms with Crippen molar-refractivity contribution < 1.29 is 9.18 Å². The van der Waals surface area contributed by atoms with Crippen molar-refractivity contribution in [2.24, 2.45) is 5.92 Å². The van der Waals surface area contributed by atoms with Gasteiger partial charge in [-0.3, -0.25) is 4.79 Å². The molecule has 124 valence electrons. The van der Waals surface area contributed by atoms with E-state index in [1.165, 1.54) is 23.9 Å². The van der Waals surface area contributed by atoms with Crippen molar-refractivity contribution in [2.45, 2.75) is 30.5 Å². The lowest BCUT2D eigenvalue weighted by Gasteiger charge is -2.22. The van der Waals surface area contributed by atoms with Crippen molar-refractivity contribution in [3.05, 3.63) is 36.3 Å². The van der Waals surface area contributed by atoms with Gasteiger partial charge in [-0.25, -0.2) is 9.37 Å². The van der Waals surface area contributed by atoms with Gasteiger partial charge in [-0.1, -0.05) is 11.8 Å². The number of thioether (sulfide) groups is 1. The number of H-pyrrole nitrogens is 1. The third kappa shape index (κ3) is 3.77. The van der Waals surface area contributed by atoms with Crippen LogP contribution < -0.4 is 5.32 Å². The molecule has 1 fully saturated rings. The Hall–Kier alpha value is -2.33. The lowest BCUT2D eigenvalue weighted by Crippen LogP contribution is -2.47. The summed E-state index contributed by atoms with van der Waals surface area (Å²) in [5.41, 5.74) is 0.809. The molecular formula is C17H17FN4OS. The van der Waals surface area contributed by atoms with Crippen LogP contribution in [-0.2, 0) is 4.79 Å². The molecule has 24 heavy (non-hydrogen) atoms. The van der Waals surface area contributed by atoms with Gasteiger partial charge in [-0.15, -0.1) is 0 Å². The summed E-state index contributed by atoms with van der Waals surface area (Å²) in [6.07, 6.45) is 3.62. The molecule has 1 aromatic heterocycles. The minimum atomic E-state index is -0.778. The molecule has 0 bridgehead atoms. The number of benzene rings is 1. The summed E-state index contributed by atoms with van der Waals surface area (Å²) in [4.78, 5) is 19.4. The molecular weight excluding hydrogens is 327 g/mol. The third-order valence-corrected chi connectivity index (χ3v) is 4.96. The number of carbonyl (C=O) groups excluding carboxylic acids is 1. The fourth-order valence-corrected chi connectivity index (χ4v) is 3.14. The molecule has 2 N–H and O–H groups in total. The molecule has 1 aromatic carbocycles. The van der Waals surface area contributed by atoms with Crippen molar-refractivity contribution in [1.82, 2.24) is 15.3 Å². The predicted molar refractivity (Wildman–Crippen MR) is 89.6 cm³/mol. The van der Waals surface area contributed by atoms with Crippen LogP contribution >= 0.6 is 11.8 Å². The number of aromatic nitrogens is 2. The Morgan fingerprint density at radius 2 is 2.21 bits per heavy atom. The van der Waals surface area contributed by atoms with Gasteiger partial charge in [0.25, 0.3) is 0 Å². The molecule has 0 radical (unpaired) electrons. The van der Waals surface area contributed by atoms with E-state index in [-0.39, 0.29) is 23.4 Å². The van der Waals surface area contributed by atoms with E-state index < -0.39 is 5.54 Å². The molecule has 0 aliphatic heterocycles. The van der Waals surface area contributed by atoms with Gasteiger partial charge in [-0.2, -0.15) is 5.26 Å². The highest BCUT2D eigenvalue weighted by Gasteiger charge is 2.42. The van der Waals surface area contributed by atoms with E-state index in [1.807, 2.05) is 0 Å². The number of halogens is 1. The normalized spacial score (nSPS) is 16.2. The monoisotopic (exact) mass is 344 g/mol. The molecule has 5 nitrogen and oxygen atoms in total. The standard InChI is InChI=1S/C17H17FN4OS/c1-17(10-19,12-4-5-12)22-15(23)9-24-16-20-8-14(21-16)11-2-6-13(18)7-3-11/h2-3,6-8,12H,4-5,9H2,1H3,(H,20,21)(H,22,23)/t17-/m1/s1. The largest absolute Gasteiger partial charge is 0.337 e. The molecule has 0 saturated heterocycles. The molecule has 1 saturated carbocycles. The summed E-state index contributed by atoms with van der Waals surface area (Å²) in [6.45, 7) is 1.77. The number of hydrogen-bond donors (Lipinski definition) is 2. The van der Waals surface area contributed by atoms with Crippen molar-refractivity contribution in [1.29, 1.82) is 5.26 Å². The number of aromatic amines is 1. The molecule has 7 heteroatoms. The van der Waals surface area contributed by atoms with Crippen LogP contribution in [0.3, 0.4) is 0 Å². The van der Waals surface area contributed by atoms with Crippen molar-refractivity contribution in [3.8, 4) is 17.3 Å². The fraction of sp³-hybridized carbons (Fsp3) is 0.353. The van der Waals surface area contributed by atoms with Crippen LogP contribution in [0, 0.1) is 23.1 Å². The first-order chi connectivity index (χ1) is 11.5. The smallest absolute Gasteiger partial charge is 0.231 e. The second-order valence-electron chi connectivity index (χ2n) is 6.03. The highest BCUT2D eigenvalue weighted by atomic mass is 32.2. The van der Waals surface area contributed by atoms with E-state index in [9.17, 15) is 14.4 Å². The average molecular weight is 344 g/mol. The number of hydrogen-bond acceptors (Lipinski definition) is 4. The SMILES string of the molecule is C[C@](C#N)(NC(=O)CSc1ncc(-c2ccc(F)cc2)[nH]1)C1CC1. The summed E-state index contributed by atoms with van der Waals surface area (Å²) in [5, 5.41) is 12.7. The zero-order valence-corrected chi connectivity index (χ0v) is 14.0. The Bertz CT molecular complexity index is 779. The van der Waals surface area contributed by atoms with Crippen molar-refractivity contribution in [2.75, 3.05) is 5.75 Å². The first-order valence-electron chi connectivity index (χ1n) is 7.66. The summed E-state index contributed by atoms with van der Waals surface area (Å²) in [6, 6.07) is 8.31. The Labute approximate surface area is 143 Å². The molecule has 3 rings (SSSR count). The lowest BCUT2D eigenvalue weighted by molar-refractivity contribution is -0.119. The minimum Gasteiger partial charge on any atom is -0.337 e. The molecule has 0 unspecified atom stereocenters. The number of imidazole rings is 1. The van der Waals surface area contributed by atoms with Gasteiger partial charge in [0.15, 0.2) is 5.16 Å². The van der Waals surface area contributed by atoms with E-state index in [1.54, 1.807) is 25.3 Å². The second-order valence-corrected chi connectivity index (χ2v) is 7.00. The lowest BCUT2D eigenvalue weighted by atomic mass is 9.98. The number of nitriles is 1. The van der Waals surface area contributed by atoms with Gasteiger partial charge < -0.3 is 10.3 Å². The van der Waals surface area contributed by atoms with E-state index in [4.69, 9.17) is 0 Å². The molecule has 1 amide bonds. The zero-order chi connectivity index (χ0) is 17.2. The minimum absolute atomic E-state index is 0.181.